The molecule has 3 nitrogen and oxygen atoms in total. The Labute approximate surface area is 107 Å². The fourth-order valence-corrected chi connectivity index (χ4v) is 2.19. The van der Waals surface area contributed by atoms with Crippen LogP contribution in [0, 0.1) is 5.41 Å². The molecule has 0 bridgehead atoms. The predicted octanol–water partition coefficient (Wildman–Crippen LogP) is 2.53. The highest BCUT2D eigenvalue weighted by atomic mass is 32.1. The van der Waals surface area contributed by atoms with Gasteiger partial charge >= 0.3 is 0 Å². The highest BCUT2D eigenvalue weighted by molar-refractivity contribution is 7.80. The molecule has 2 rings (SSSR count). The molecule has 0 spiro atoms. The second kappa shape index (κ2) is 4.92. The Balaban J connectivity index is 1.96. The molecule has 1 saturated carbocycles. The maximum absolute atomic E-state index is 5.82. The topological polar surface area (TPSA) is 44.5 Å². The second-order valence-corrected chi connectivity index (χ2v) is 5.11. The first kappa shape index (κ1) is 12.2. The summed E-state index contributed by atoms with van der Waals surface area (Å²) in [5.41, 5.74) is 5.77. The molecule has 2 N–H and O–H groups in total. The molecular weight excluding hydrogens is 234 g/mol. The van der Waals surface area contributed by atoms with Crippen molar-refractivity contribution in [3.8, 4) is 11.5 Å². The number of methoxy groups -OCH3 is 1. The van der Waals surface area contributed by atoms with E-state index in [1.807, 2.05) is 24.3 Å². The van der Waals surface area contributed by atoms with Gasteiger partial charge in [0, 0.05) is 11.8 Å². The van der Waals surface area contributed by atoms with E-state index in [2.05, 4.69) is 0 Å². The number of hydrogen-bond acceptors (Lipinski definition) is 3. The van der Waals surface area contributed by atoms with E-state index in [0.717, 1.165) is 30.8 Å². The maximum atomic E-state index is 5.82. The summed E-state index contributed by atoms with van der Waals surface area (Å²) >= 11 is 4.96. The average molecular weight is 251 g/mol. The van der Waals surface area contributed by atoms with E-state index in [1.165, 1.54) is 0 Å². The summed E-state index contributed by atoms with van der Waals surface area (Å²) in [5, 5.41) is 0. The number of para-hydroxylation sites is 2. The van der Waals surface area contributed by atoms with Gasteiger partial charge in [0.2, 0.25) is 0 Å². The van der Waals surface area contributed by atoms with Gasteiger partial charge in [0.05, 0.1) is 18.7 Å². The summed E-state index contributed by atoms with van der Waals surface area (Å²) in [5.74, 6) is 1.54. The van der Waals surface area contributed by atoms with Crippen LogP contribution in [0.2, 0.25) is 0 Å². The highest BCUT2D eigenvalue weighted by Gasteiger charge is 2.44. The lowest BCUT2D eigenvalue weighted by molar-refractivity contribution is 0.229. The number of hydrogen-bond donors (Lipinski definition) is 1. The normalized spacial score (nSPS) is 16.3. The Morgan fingerprint density at radius 2 is 2.00 bits per heavy atom. The van der Waals surface area contributed by atoms with Crippen LogP contribution in [0.1, 0.15) is 19.3 Å². The zero-order valence-electron chi connectivity index (χ0n) is 9.94. The number of nitrogens with two attached hydrogens (primary N) is 1. The van der Waals surface area contributed by atoms with E-state index in [1.54, 1.807) is 7.11 Å². The molecule has 1 aliphatic carbocycles. The van der Waals surface area contributed by atoms with Crippen LogP contribution in [0.5, 0.6) is 11.5 Å². The number of rotatable bonds is 6. The first-order valence-corrected chi connectivity index (χ1v) is 6.10. The third-order valence-electron chi connectivity index (χ3n) is 3.11. The van der Waals surface area contributed by atoms with E-state index >= 15 is 0 Å². The molecule has 0 amide bonds. The van der Waals surface area contributed by atoms with Crippen molar-refractivity contribution in [1.82, 2.24) is 0 Å². The molecule has 0 heterocycles. The second-order valence-electron chi connectivity index (χ2n) is 4.58. The Bertz CT molecular complexity index is 416. The Morgan fingerprint density at radius 3 is 2.53 bits per heavy atom. The van der Waals surface area contributed by atoms with E-state index in [0.29, 0.717) is 11.6 Å². The van der Waals surface area contributed by atoms with E-state index < -0.39 is 0 Å². The molecule has 0 saturated heterocycles. The SMILES string of the molecule is COc1ccccc1OCC1(CC(N)=S)CC1. The van der Waals surface area contributed by atoms with Gasteiger partial charge in [0.1, 0.15) is 0 Å². The fraction of sp³-hybridized carbons (Fsp3) is 0.462. The van der Waals surface area contributed by atoms with E-state index in [-0.39, 0.29) is 5.41 Å². The highest BCUT2D eigenvalue weighted by Crippen LogP contribution is 2.49. The maximum Gasteiger partial charge on any atom is 0.161 e. The van der Waals surface area contributed by atoms with Gasteiger partial charge in [0.25, 0.3) is 0 Å². The molecule has 92 valence electrons. The molecule has 1 aliphatic rings. The molecule has 1 aromatic carbocycles. The van der Waals surface area contributed by atoms with Crippen molar-refractivity contribution in [2.75, 3.05) is 13.7 Å². The van der Waals surface area contributed by atoms with Crippen LogP contribution in [0.25, 0.3) is 0 Å². The lowest BCUT2D eigenvalue weighted by Gasteiger charge is -2.16. The van der Waals surface area contributed by atoms with Crippen LogP contribution >= 0.6 is 12.2 Å². The standard InChI is InChI=1S/C13H17NO2S/c1-15-10-4-2-3-5-11(10)16-9-13(6-7-13)8-12(14)17/h2-5H,6-9H2,1H3,(H2,14,17). The monoisotopic (exact) mass is 251 g/mol. The first-order valence-electron chi connectivity index (χ1n) is 5.69. The van der Waals surface area contributed by atoms with Crippen molar-refractivity contribution in [3.05, 3.63) is 24.3 Å². The van der Waals surface area contributed by atoms with Crippen molar-refractivity contribution < 1.29 is 9.47 Å². The van der Waals surface area contributed by atoms with Gasteiger partial charge in [-0.15, -0.1) is 0 Å². The number of ether oxygens (including phenoxy) is 2. The molecule has 0 radical (unpaired) electrons. The summed E-state index contributed by atoms with van der Waals surface area (Å²) in [6.07, 6.45) is 3.05. The van der Waals surface area contributed by atoms with Gasteiger partial charge in [-0.2, -0.15) is 0 Å². The van der Waals surface area contributed by atoms with Gasteiger partial charge in [0.15, 0.2) is 11.5 Å². The summed E-state index contributed by atoms with van der Waals surface area (Å²) in [4.78, 5) is 0.575. The van der Waals surface area contributed by atoms with Crippen molar-refractivity contribution in [2.45, 2.75) is 19.3 Å². The van der Waals surface area contributed by atoms with Crippen LogP contribution in [0.3, 0.4) is 0 Å². The van der Waals surface area contributed by atoms with Gasteiger partial charge in [-0.1, -0.05) is 24.4 Å². The van der Waals surface area contributed by atoms with Gasteiger partial charge in [-0.25, -0.2) is 0 Å². The molecule has 0 aliphatic heterocycles. The number of thiocarbonyl (C=S) groups is 1. The van der Waals surface area contributed by atoms with Gasteiger partial charge in [-0.3, -0.25) is 0 Å². The third-order valence-corrected chi connectivity index (χ3v) is 3.25. The molecule has 0 unspecified atom stereocenters. The average Bonchev–Trinajstić information content (AvgIpc) is 3.06. The van der Waals surface area contributed by atoms with Crippen molar-refractivity contribution >= 4 is 17.2 Å². The van der Waals surface area contributed by atoms with Crippen molar-refractivity contribution in [1.29, 1.82) is 0 Å². The fourth-order valence-electron chi connectivity index (χ4n) is 1.89. The largest absolute Gasteiger partial charge is 0.493 e. The summed E-state index contributed by atoms with van der Waals surface area (Å²) in [7, 11) is 1.64. The Hall–Kier alpha value is -1.29. The first-order chi connectivity index (χ1) is 8.15. The lowest BCUT2D eigenvalue weighted by atomic mass is 10.0. The minimum atomic E-state index is 0.173. The quantitative estimate of drug-likeness (QED) is 0.789. The Kier molecular flexibility index (Phi) is 3.52. The van der Waals surface area contributed by atoms with Gasteiger partial charge < -0.3 is 15.2 Å². The zero-order chi connectivity index (χ0) is 12.3. The third kappa shape index (κ3) is 3.09. The lowest BCUT2D eigenvalue weighted by Crippen LogP contribution is -2.21. The minimum Gasteiger partial charge on any atom is -0.493 e. The molecular formula is C13H17NO2S. The van der Waals surface area contributed by atoms with Gasteiger partial charge in [-0.05, 0) is 25.0 Å². The van der Waals surface area contributed by atoms with E-state index in [4.69, 9.17) is 27.4 Å². The summed E-state index contributed by atoms with van der Waals surface area (Å²) < 4.78 is 11.1. The molecule has 17 heavy (non-hydrogen) atoms. The van der Waals surface area contributed by atoms with Crippen molar-refractivity contribution in [3.63, 3.8) is 0 Å². The predicted molar refractivity (Wildman–Crippen MR) is 71.6 cm³/mol. The molecule has 0 atom stereocenters. The number of benzene rings is 1. The minimum absolute atomic E-state index is 0.173. The van der Waals surface area contributed by atoms with Crippen LogP contribution in [0.4, 0.5) is 0 Å². The zero-order valence-corrected chi connectivity index (χ0v) is 10.8. The van der Waals surface area contributed by atoms with Crippen LogP contribution < -0.4 is 15.2 Å². The smallest absolute Gasteiger partial charge is 0.161 e. The van der Waals surface area contributed by atoms with Crippen LogP contribution in [0.15, 0.2) is 24.3 Å². The van der Waals surface area contributed by atoms with E-state index in [9.17, 15) is 0 Å². The van der Waals surface area contributed by atoms with Crippen LogP contribution in [-0.2, 0) is 0 Å². The van der Waals surface area contributed by atoms with Crippen molar-refractivity contribution in [2.24, 2.45) is 11.1 Å². The molecule has 1 fully saturated rings. The summed E-state index contributed by atoms with van der Waals surface area (Å²) in [6.45, 7) is 0.657. The van der Waals surface area contributed by atoms with Crippen LogP contribution in [-0.4, -0.2) is 18.7 Å². The Morgan fingerprint density at radius 1 is 1.35 bits per heavy atom. The molecule has 4 heteroatoms. The molecule has 0 aromatic heterocycles. The molecule has 1 aromatic rings. The summed E-state index contributed by atoms with van der Waals surface area (Å²) in [6, 6.07) is 7.66.